The van der Waals surface area contributed by atoms with Crippen LogP contribution in [0.1, 0.15) is 48.5 Å². The van der Waals surface area contributed by atoms with Crippen molar-refractivity contribution in [2.24, 2.45) is 0 Å². The van der Waals surface area contributed by atoms with Gasteiger partial charge in [0.2, 0.25) is 0 Å². The van der Waals surface area contributed by atoms with Gasteiger partial charge in [0.05, 0.1) is 24.2 Å². The summed E-state index contributed by atoms with van der Waals surface area (Å²) in [5.74, 6) is 2.16. The number of nitrogens with one attached hydrogen (secondary N) is 1. The molecular formula is C26H30N6O4S. The summed E-state index contributed by atoms with van der Waals surface area (Å²) in [7, 11) is 0. The zero-order valence-electron chi connectivity index (χ0n) is 20.8. The maximum absolute atomic E-state index is 13.2. The van der Waals surface area contributed by atoms with Crippen molar-refractivity contribution in [1.29, 1.82) is 0 Å². The Kier molecular flexibility index (Phi) is 6.90. The van der Waals surface area contributed by atoms with Crippen molar-refractivity contribution in [2.75, 3.05) is 19.8 Å². The first-order valence-electron chi connectivity index (χ1n) is 12.8. The number of pyridine rings is 1. The summed E-state index contributed by atoms with van der Waals surface area (Å²) < 4.78 is 19.2. The van der Waals surface area contributed by atoms with E-state index in [1.165, 1.54) is 4.88 Å². The molecule has 0 bridgehead atoms. The van der Waals surface area contributed by atoms with Crippen LogP contribution >= 0.6 is 11.3 Å². The Morgan fingerprint density at radius 2 is 2.05 bits per heavy atom. The molecule has 4 aromatic rings. The summed E-state index contributed by atoms with van der Waals surface area (Å²) in [5, 5.41) is 15.7. The van der Waals surface area contributed by atoms with Gasteiger partial charge in [0.15, 0.2) is 17.3 Å². The summed E-state index contributed by atoms with van der Waals surface area (Å²) in [4.78, 5) is 19.8. The first-order chi connectivity index (χ1) is 18.2. The van der Waals surface area contributed by atoms with Crippen LogP contribution in [0.2, 0.25) is 0 Å². The lowest BCUT2D eigenvalue weighted by molar-refractivity contribution is 0.0889. The van der Waals surface area contributed by atoms with E-state index in [9.17, 15) is 4.79 Å². The Labute approximate surface area is 218 Å². The van der Waals surface area contributed by atoms with Crippen LogP contribution in [-0.2, 0) is 24.4 Å². The van der Waals surface area contributed by atoms with Crippen LogP contribution in [0.25, 0.3) is 10.9 Å². The molecule has 0 saturated carbocycles. The summed E-state index contributed by atoms with van der Waals surface area (Å²) >= 11 is 1.70. The van der Waals surface area contributed by atoms with E-state index in [0.29, 0.717) is 49.9 Å². The Hall–Kier alpha value is -3.28. The normalized spacial score (nSPS) is 18.1. The summed E-state index contributed by atoms with van der Waals surface area (Å²) in [6.45, 7) is 5.70. The molecule has 2 aliphatic heterocycles. The summed E-state index contributed by atoms with van der Waals surface area (Å²) in [6.07, 6.45) is 3.00. The van der Waals surface area contributed by atoms with Gasteiger partial charge in [0.25, 0.3) is 5.56 Å². The summed E-state index contributed by atoms with van der Waals surface area (Å²) in [5.41, 5.74) is 1.29. The number of thiophene rings is 1. The fourth-order valence-corrected chi connectivity index (χ4v) is 5.90. The predicted octanol–water partition coefficient (Wildman–Crippen LogP) is 3.68. The van der Waals surface area contributed by atoms with Gasteiger partial charge in [0.1, 0.15) is 13.2 Å². The molecule has 1 saturated heterocycles. The Morgan fingerprint density at radius 3 is 2.81 bits per heavy atom. The highest BCUT2D eigenvalue weighted by Gasteiger charge is 2.28. The lowest BCUT2D eigenvalue weighted by Crippen LogP contribution is -2.33. The molecule has 1 fully saturated rings. The fraction of sp³-hybridized carbons (Fsp3) is 0.462. The number of tetrazole rings is 1. The number of aromatic nitrogens is 5. The van der Waals surface area contributed by atoms with E-state index in [-0.39, 0.29) is 17.7 Å². The van der Waals surface area contributed by atoms with Gasteiger partial charge in [-0.2, -0.15) is 0 Å². The van der Waals surface area contributed by atoms with E-state index in [1.807, 2.05) is 22.9 Å². The molecule has 0 amide bonds. The van der Waals surface area contributed by atoms with Crippen molar-refractivity contribution in [3.8, 4) is 11.5 Å². The molecule has 0 spiro atoms. The molecule has 5 heterocycles. The van der Waals surface area contributed by atoms with Gasteiger partial charge >= 0.3 is 0 Å². The third-order valence-electron chi connectivity index (χ3n) is 6.98. The Morgan fingerprint density at radius 1 is 1.19 bits per heavy atom. The molecular weight excluding hydrogens is 492 g/mol. The number of hydrogen-bond donors (Lipinski definition) is 1. The van der Waals surface area contributed by atoms with Gasteiger partial charge in [-0.05, 0) is 53.3 Å². The molecule has 6 rings (SSSR count). The Balaban J connectivity index is 1.34. The largest absolute Gasteiger partial charge is 0.486 e. The van der Waals surface area contributed by atoms with Crippen molar-refractivity contribution < 1.29 is 14.2 Å². The van der Waals surface area contributed by atoms with Gasteiger partial charge in [-0.1, -0.05) is 13.0 Å². The van der Waals surface area contributed by atoms with Gasteiger partial charge < -0.3 is 19.2 Å². The quantitative estimate of drug-likeness (QED) is 0.355. The molecule has 194 valence electrons. The molecule has 0 unspecified atom stereocenters. The second kappa shape index (κ2) is 10.6. The van der Waals surface area contributed by atoms with Crippen LogP contribution in [0.15, 0.2) is 40.5 Å². The van der Waals surface area contributed by atoms with E-state index >= 15 is 0 Å². The number of rotatable bonds is 9. The highest BCUT2D eigenvalue weighted by Crippen LogP contribution is 2.34. The molecule has 2 atom stereocenters. The van der Waals surface area contributed by atoms with E-state index in [4.69, 9.17) is 14.2 Å². The molecule has 1 N–H and O–H groups in total. The number of H-pyrrole nitrogens is 1. The number of ether oxygens (including phenoxy) is 3. The minimum atomic E-state index is -0.117. The molecule has 0 aliphatic carbocycles. The first kappa shape index (κ1) is 24.1. The molecule has 3 aromatic heterocycles. The summed E-state index contributed by atoms with van der Waals surface area (Å²) in [6, 6.07) is 9.83. The lowest BCUT2D eigenvalue weighted by atomic mass is 10.1. The minimum absolute atomic E-state index is 0.0751. The second-order valence-electron chi connectivity index (χ2n) is 9.47. The topological polar surface area (TPSA) is 107 Å². The van der Waals surface area contributed by atoms with Crippen molar-refractivity contribution in [2.45, 2.75) is 58.0 Å². The predicted molar refractivity (Wildman–Crippen MR) is 139 cm³/mol. The van der Waals surface area contributed by atoms with Gasteiger partial charge in [-0.15, -0.1) is 16.4 Å². The van der Waals surface area contributed by atoms with E-state index in [1.54, 1.807) is 11.3 Å². The van der Waals surface area contributed by atoms with Crippen LogP contribution in [0.5, 0.6) is 11.5 Å². The highest BCUT2D eigenvalue weighted by molar-refractivity contribution is 7.09. The van der Waals surface area contributed by atoms with E-state index in [2.05, 4.69) is 49.8 Å². The van der Waals surface area contributed by atoms with E-state index in [0.717, 1.165) is 42.6 Å². The van der Waals surface area contributed by atoms with Crippen molar-refractivity contribution in [3.05, 3.63) is 62.3 Å². The molecule has 0 radical (unpaired) electrons. The van der Waals surface area contributed by atoms with E-state index < -0.39 is 0 Å². The lowest BCUT2D eigenvalue weighted by Gasteiger charge is -2.30. The third-order valence-corrected chi connectivity index (χ3v) is 7.84. The average molecular weight is 523 g/mol. The van der Waals surface area contributed by atoms with Crippen LogP contribution in [0.3, 0.4) is 0 Å². The average Bonchev–Trinajstić information content (AvgIpc) is 3.69. The van der Waals surface area contributed by atoms with Crippen molar-refractivity contribution >= 4 is 22.2 Å². The van der Waals surface area contributed by atoms with Crippen molar-refractivity contribution in [1.82, 2.24) is 30.1 Å². The molecule has 37 heavy (non-hydrogen) atoms. The molecule has 11 heteroatoms. The Bertz CT molecular complexity index is 1410. The molecule has 10 nitrogen and oxygen atoms in total. The standard InChI is InChI=1S/C26H30N6O4S/c1-2-22(25-28-29-30-32(25)15-19-5-3-7-34-19)31(16-20-6-4-10-37-20)14-18-11-17-12-23-24(36-9-8-35-23)13-21(17)27-26(18)33/h4,6,10-13,19,22H,2-3,5,7-9,14-16H2,1H3,(H,27,33)/t19-,22+/m0/s1. The number of hydrogen-bond acceptors (Lipinski definition) is 9. The van der Waals surface area contributed by atoms with Crippen LogP contribution in [0.4, 0.5) is 0 Å². The minimum Gasteiger partial charge on any atom is -0.486 e. The van der Waals surface area contributed by atoms with Gasteiger partial charge in [-0.25, -0.2) is 4.68 Å². The second-order valence-corrected chi connectivity index (χ2v) is 10.5. The SMILES string of the molecule is CC[C@H](c1nnnn1C[C@@H]1CCCO1)N(Cc1cccs1)Cc1cc2cc3c(cc2[nH]c1=O)OCCO3. The number of nitrogens with zero attached hydrogens (tertiary/aromatic N) is 5. The third kappa shape index (κ3) is 5.11. The molecule has 1 aromatic carbocycles. The number of aromatic amines is 1. The van der Waals surface area contributed by atoms with Crippen molar-refractivity contribution in [3.63, 3.8) is 0 Å². The fourth-order valence-electron chi connectivity index (χ4n) is 5.17. The smallest absolute Gasteiger partial charge is 0.252 e. The molecule has 2 aliphatic rings. The number of fused-ring (bicyclic) bond motifs is 2. The van der Waals surface area contributed by atoms with Crippen LogP contribution in [0, 0.1) is 0 Å². The zero-order chi connectivity index (χ0) is 25.2. The monoisotopic (exact) mass is 522 g/mol. The highest BCUT2D eigenvalue weighted by atomic mass is 32.1. The van der Waals surface area contributed by atoms with Gasteiger partial charge in [0, 0.05) is 41.6 Å². The maximum Gasteiger partial charge on any atom is 0.252 e. The van der Waals surface area contributed by atoms with Crippen LogP contribution in [-0.4, -0.2) is 56.0 Å². The zero-order valence-corrected chi connectivity index (χ0v) is 21.6. The number of benzene rings is 1. The first-order valence-corrected chi connectivity index (χ1v) is 13.7. The maximum atomic E-state index is 13.2. The van der Waals surface area contributed by atoms with Crippen LogP contribution < -0.4 is 15.0 Å². The van der Waals surface area contributed by atoms with Gasteiger partial charge in [-0.3, -0.25) is 9.69 Å².